The molecule has 0 aliphatic heterocycles. The van der Waals surface area contributed by atoms with E-state index in [-0.39, 0.29) is 0 Å². The molecule has 0 radical (unpaired) electrons. The smallest absolute Gasteiger partial charge is 0.149 e. The first-order valence-corrected chi connectivity index (χ1v) is 4.14. The van der Waals surface area contributed by atoms with Gasteiger partial charge in [-0.2, -0.15) is 5.90 Å². The van der Waals surface area contributed by atoms with Crippen molar-refractivity contribution in [2.45, 2.75) is 0 Å². The lowest BCUT2D eigenvalue weighted by molar-refractivity contribution is 0.334. The first-order valence-electron chi connectivity index (χ1n) is 2.55. The van der Waals surface area contributed by atoms with E-state index >= 15 is 0 Å². The minimum Gasteiger partial charge on any atom is -0.411 e. The van der Waals surface area contributed by atoms with Crippen molar-refractivity contribution in [3.63, 3.8) is 0 Å². The standard InChI is InChI=1S/C6H5Br2NO/c7-4-1-5(8)3-6(2-4)10-9/h1-3H,9H2. The Kier molecular flexibility index (Phi) is 2.71. The molecule has 2 N–H and O–H groups in total. The number of halogens is 2. The summed E-state index contributed by atoms with van der Waals surface area (Å²) in [6.07, 6.45) is 0. The highest BCUT2D eigenvalue weighted by atomic mass is 79.9. The topological polar surface area (TPSA) is 35.2 Å². The van der Waals surface area contributed by atoms with Crippen LogP contribution in [0.15, 0.2) is 27.1 Å². The second kappa shape index (κ2) is 3.37. The molecule has 1 rings (SSSR count). The molecule has 0 amide bonds. The van der Waals surface area contributed by atoms with Crippen molar-refractivity contribution in [1.82, 2.24) is 0 Å². The average molecular weight is 267 g/mol. The van der Waals surface area contributed by atoms with Crippen LogP contribution in [0.4, 0.5) is 0 Å². The Morgan fingerprint density at radius 3 is 2.00 bits per heavy atom. The van der Waals surface area contributed by atoms with E-state index in [2.05, 4.69) is 36.7 Å². The molecule has 54 valence electrons. The van der Waals surface area contributed by atoms with Gasteiger partial charge >= 0.3 is 0 Å². The van der Waals surface area contributed by atoms with Crippen LogP contribution in [0.1, 0.15) is 0 Å². The number of hydrogen-bond donors (Lipinski definition) is 1. The van der Waals surface area contributed by atoms with Gasteiger partial charge in [-0.05, 0) is 18.2 Å². The molecule has 1 aromatic rings. The van der Waals surface area contributed by atoms with Gasteiger partial charge in [0.05, 0.1) is 0 Å². The highest BCUT2D eigenvalue weighted by Gasteiger charge is 1.95. The van der Waals surface area contributed by atoms with Crippen LogP contribution < -0.4 is 10.7 Å². The van der Waals surface area contributed by atoms with Crippen LogP contribution in [-0.2, 0) is 0 Å². The lowest BCUT2D eigenvalue weighted by atomic mass is 10.3. The molecule has 0 aromatic heterocycles. The van der Waals surface area contributed by atoms with E-state index in [0.29, 0.717) is 5.75 Å². The minimum absolute atomic E-state index is 0.626. The number of rotatable bonds is 1. The minimum atomic E-state index is 0.626. The molecule has 0 heterocycles. The zero-order valence-corrected chi connectivity index (χ0v) is 8.15. The Hall–Kier alpha value is -0.0600. The summed E-state index contributed by atoms with van der Waals surface area (Å²) < 4.78 is 1.87. The maximum absolute atomic E-state index is 4.95. The van der Waals surface area contributed by atoms with Gasteiger partial charge in [0.25, 0.3) is 0 Å². The predicted octanol–water partition coefficient (Wildman–Crippen LogP) is 2.46. The van der Waals surface area contributed by atoms with Crippen LogP contribution >= 0.6 is 31.9 Å². The van der Waals surface area contributed by atoms with E-state index in [1.807, 2.05) is 6.07 Å². The van der Waals surface area contributed by atoms with E-state index in [1.165, 1.54) is 0 Å². The molecule has 0 saturated carbocycles. The molecule has 0 saturated heterocycles. The van der Waals surface area contributed by atoms with Gasteiger partial charge in [0, 0.05) is 8.95 Å². The van der Waals surface area contributed by atoms with Gasteiger partial charge in [0.15, 0.2) is 0 Å². The normalized spacial score (nSPS) is 9.50. The van der Waals surface area contributed by atoms with Crippen LogP contribution in [0.25, 0.3) is 0 Å². The second-order valence-corrected chi connectivity index (χ2v) is 3.55. The first kappa shape index (κ1) is 8.04. The van der Waals surface area contributed by atoms with E-state index < -0.39 is 0 Å². The maximum Gasteiger partial charge on any atom is 0.149 e. The van der Waals surface area contributed by atoms with Crippen LogP contribution in [0.3, 0.4) is 0 Å². The fourth-order valence-corrected chi connectivity index (χ4v) is 1.85. The van der Waals surface area contributed by atoms with Gasteiger partial charge in [0.1, 0.15) is 5.75 Å². The molecular weight excluding hydrogens is 262 g/mol. The summed E-state index contributed by atoms with van der Waals surface area (Å²) in [7, 11) is 0. The number of benzene rings is 1. The summed E-state index contributed by atoms with van der Waals surface area (Å²) in [5.74, 6) is 5.57. The SMILES string of the molecule is NOc1cc(Br)cc(Br)c1. The zero-order valence-electron chi connectivity index (χ0n) is 4.97. The Morgan fingerprint density at radius 2 is 1.60 bits per heavy atom. The maximum atomic E-state index is 4.95. The molecule has 2 nitrogen and oxygen atoms in total. The second-order valence-electron chi connectivity index (χ2n) is 1.72. The van der Waals surface area contributed by atoms with E-state index in [4.69, 9.17) is 5.90 Å². The van der Waals surface area contributed by atoms with Crippen LogP contribution in [0.2, 0.25) is 0 Å². The molecule has 4 heteroatoms. The highest BCUT2D eigenvalue weighted by Crippen LogP contribution is 2.23. The molecule has 0 bridgehead atoms. The molecule has 0 unspecified atom stereocenters. The zero-order chi connectivity index (χ0) is 7.56. The third-order valence-electron chi connectivity index (χ3n) is 0.972. The average Bonchev–Trinajstić information content (AvgIpc) is 1.85. The highest BCUT2D eigenvalue weighted by molar-refractivity contribution is 9.11. The lowest BCUT2D eigenvalue weighted by Gasteiger charge is -1.98. The number of nitrogens with two attached hydrogens (primary N) is 1. The monoisotopic (exact) mass is 265 g/mol. The summed E-state index contributed by atoms with van der Waals surface area (Å²) in [6.45, 7) is 0. The molecule has 1 aromatic carbocycles. The van der Waals surface area contributed by atoms with E-state index in [9.17, 15) is 0 Å². The Labute approximate surface area is 75.6 Å². The van der Waals surface area contributed by atoms with Gasteiger partial charge in [0.2, 0.25) is 0 Å². The fraction of sp³-hybridized carbons (Fsp3) is 0. The van der Waals surface area contributed by atoms with E-state index in [1.54, 1.807) is 12.1 Å². The molecule has 0 aliphatic carbocycles. The Morgan fingerprint density at radius 1 is 1.10 bits per heavy atom. The van der Waals surface area contributed by atoms with E-state index in [0.717, 1.165) is 8.95 Å². The van der Waals surface area contributed by atoms with Crippen LogP contribution in [0.5, 0.6) is 5.75 Å². The van der Waals surface area contributed by atoms with Crippen molar-refractivity contribution in [2.75, 3.05) is 0 Å². The molecule has 0 atom stereocenters. The molecular formula is C6H5Br2NO. The van der Waals surface area contributed by atoms with Gasteiger partial charge in [-0.25, -0.2) is 0 Å². The largest absolute Gasteiger partial charge is 0.411 e. The number of hydrogen-bond acceptors (Lipinski definition) is 2. The van der Waals surface area contributed by atoms with Crippen molar-refractivity contribution < 1.29 is 4.84 Å². The van der Waals surface area contributed by atoms with Crippen molar-refractivity contribution >= 4 is 31.9 Å². The summed E-state index contributed by atoms with van der Waals surface area (Å²) >= 11 is 6.58. The first-order chi connectivity index (χ1) is 4.72. The summed E-state index contributed by atoms with van der Waals surface area (Å²) in [5, 5.41) is 0. The van der Waals surface area contributed by atoms with Gasteiger partial charge in [-0.3, -0.25) is 0 Å². The van der Waals surface area contributed by atoms with Crippen molar-refractivity contribution in [2.24, 2.45) is 5.90 Å². The molecule has 0 aliphatic rings. The molecule has 10 heavy (non-hydrogen) atoms. The van der Waals surface area contributed by atoms with Crippen molar-refractivity contribution in [3.05, 3.63) is 27.1 Å². The third kappa shape index (κ3) is 1.97. The van der Waals surface area contributed by atoms with Crippen molar-refractivity contribution in [3.8, 4) is 5.75 Å². The van der Waals surface area contributed by atoms with Crippen LogP contribution in [-0.4, -0.2) is 0 Å². The fourth-order valence-electron chi connectivity index (χ4n) is 0.597. The summed E-state index contributed by atoms with van der Waals surface area (Å²) in [5.41, 5.74) is 0. The Balaban J connectivity index is 3.06. The third-order valence-corrected chi connectivity index (χ3v) is 1.89. The quantitative estimate of drug-likeness (QED) is 0.793. The van der Waals surface area contributed by atoms with Gasteiger partial charge < -0.3 is 4.84 Å². The van der Waals surface area contributed by atoms with Crippen molar-refractivity contribution in [1.29, 1.82) is 0 Å². The Bertz CT molecular complexity index is 219. The summed E-state index contributed by atoms with van der Waals surface area (Å²) in [4.78, 5) is 4.52. The predicted molar refractivity (Wildman–Crippen MR) is 46.7 cm³/mol. The van der Waals surface area contributed by atoms with Gasteiger partial charge in [-0.1, -0.05) is 31.9 Å². The lowest BCUT2D eigenvalue weighted by Crippen LogP contribution is -2.01. The van der Waals surface area contributed by atoms with Gasteiger partial charge in [-0.15, -0.1) is 0 Å². The molecule has 0 fully saturated rings. The van der Waals surface area contributed by atoms with Crippen LogP contribution in [0, 0.1) is 0 Å². The summed E-state index contributed by atoms with van der Waals surface area (Å²) in [6, 6.07) is 5.47. The molecule has 0 spiro atoms.